The summed E-state index contributed by atoms with van der Waals surface area (Å²) in [4.78, 5) is 6.62. The summed E-state index contributed by atoms with van der Waals surface area (Å²) >= 11 is 1.71. The maximum absolute atomic E-state index is 13.0. The molecule has 0 aromatic heterocycles. The summed E-state index contributed by atoms with van der Waals surface area (Å²) in [6.45, 7) is 0. The Morgan fingerprint density at radius 1 is 0.625 bits per heavy atom. The van der Waals surface area contributed by atoms with Crippen molar-refractivity contribution in [1.29, 1.82) is 0 Å². The second-order valence-electron chi connectivity index (χ2n) is 7.62. The Hall–Kier alpha value is -3.54. The maximum atomic E-state index is 13.0. The predicted octanol–water partition coefficient (Wildman–Crippen LogP) is 7.05. The quantitative estimate of drug-likeness (QED) is 0.289. The van der Waals surface area contributed by atoms with E-state index in [1.165, 1.54) is 0 Å². The molecule has 0 aliphatic carbocycles. The molecule has 0 saturated heterocycles. The van der Waals surface area contributed by atoms with Gasteiger partial charge in [0.15, 0.2) is 0 Å². The van der Waals surface area contributed by atoms with Gasteiger partial charge in [0.05, 0.1) is 21.0 Å². The first-order valence-corrected chi connectivity index (χ1v) is 12.5. The lowest BCUT2D eigenvalue weighted by Crippen LogP contribution is -2.01. The summed E-state index contributed by atoms with van der Waals surface area (Å²) in [6.07, 6.45) is 0. The Balaban J connectivity index is 1.57. The van der Waals surface area contributed by atoms with E-state index in [1.54, 1.807) is 47.7 Å². The number of hydrogen-bond acceptors (Lipinski definition) is 4. The largest absolute Gasteiger partial charge is 0.247 e. The molecule has 5 heteroatoms. The van der Waals surface area contributed by atoms with E-state index in [0.717, 1.165) is 42.7 Å². The number of fused-ring (bicyclic) bond motifs is 5. The van der Waals surface area contributed by atoms with Gasteiger partial charge in [-0.05, 0) is 42.0 Å². The lowest BCUT2D eigenvalue weighted by Gasteiger charge is -2.12. The van der Waals surface area contributed by atoms with Crippen LogP contribution >= 0.6 is 11.3 Å². The fourth-order valence-electron chi connectivity index (χ4n) is 4.15. The highest BCUT2D eigenvalue weighted by Gasteiger charge is 2.22. The number of benzene rings is 4. The van der Waals surface area contributed by atoms with Gasteiger partial charge < -0.3 is 0 Å². The number of aromatic nitrogens is 1. The molecule has 0 atom stereocenters. The minimum Gasteiger partial charge on any atom is -0.247 e. The van der Waals surface area contributed by atoms with E-state index in [9.17, 15) is 8.42 Å². The van der Waals surface area contributed by atoms with Gasteiger partial charge >= 0.3 is 0 Å². The molecule has 4 aromatic carbocycles. The molecular formula is C27H17NO2S2. The van der Waals surface area contributed by atoms with Crippen LogP contribution in [0.15, 0.2) is 113 Å². The van der Waals surface area contributed by atoms with Crippen molar-refractivity contribution in [1.82, 2.24) is 4.98 Å². The van der Waals surface area contributed by atoms with Crippen molar-refractivity contribution in [3.8, 4) is 21.7 Å². The predicted molar refractivity (Wildman–Crippen MR) is 131 cm³/mol. The number of sulfone groups is 1. The van der Waals surface area contributed by atoms with Gasteiger partial charge in [-0.1, -0.05) is 66.7 Å². The fourth-order valence-corrected chi connectivity index (χ4v) is 6.63. The zero-order chi connectivity index (χ0) is 21.7. The molecular weight excluding hydrogens is 434 g/mol. The minimum atomic E-state index is -3.55. The van der Waals surface area contributed by atoms with E-state index >= 15 is 0 Å². The van der Waals surface area contributed by atoms with Crippen LogP contribution in [0.4, 0.5) is 0 Å². The smallest absolute Gasteiger partial charge is 0.206 e. The fraction of sp³-hybridized carbons (Fsp3) is 0. The number of para-hydroxylation sites is 1. The summed E-state index contributed by atoms with van der Waals surface area (Å²) < 4.78 is 27.1. The van der Waals surface area contributed by atoms with E-state index < -0.39 is 9.84 Å². The van der Waals surface area contributed by atoms with E-state index in [-0.39, 0.29) is 0 Å². The van der Waals surface area contributed by atoms with Gasteiger partial charge in [0.25, 0.3) is 0 Å². The third kappa shape index (κ3) is 2.93. The molecule has 6 rings (SSSR count). The Labute approximate surface area is 189 Å². The maximum Gasteiger partial charge on any atom is 0.206 e. The third-order valence-corrected chi connectivity index (χ3v) is 8.71. The molecule has 0 radical (unpaired) electrons. The zero-order valence-electron chi connectivity index (χ0n) is 16.9. The summed E-state index contributed by atoms with van der Waals surface area (Å²) in [7, 11) is -3.55. The highest BCUT2D eigenvalue weighted by molar-refractivity contribution is 7.91. The van der Waals surface area contributed by atoms with E-state index in [2.05, 4.69) is 18.2 Å². The standard InChI is InChI=1S/C27H17NO2S2/c29-32(30,19-8-2-1-3-9-19)20-16-14-18(15-17-20)27-25-21-10-4-6-12-23(21)28-26(25)22-11-5-7-13-24(22)31-27/h1-17H. The Morgan fingerprint density at radius 2 is 1.25 bits per heavy atom. The molecule has 0 N–H and O–H groups in total. The van der Waals surface area contributed by atoms with Gasteiger partial charge in [-0.2, -0.15) is 0 Å². The molecule has 0 saturated carbocycles. The van der Waals surface area contributed by atoms with Crippen LogP contribution in [0.1, 0.15) is 0 Å². The van der Waals surface area contributed by atoms with Crippen LogP contribution in [-0.2, 0) is 9.84 Å². The van der Waals surface area contributed by atoms with Crippen molar-refractivity contribution in [2.75, 3.05) is 0 Å². The summed E-state index contributed by atoms with van der Waals surface area (Å²) in [5.74, 6) is 0. The van der Waals surface area contributed by atoms with Crippen LogP contribution in [0.3, 0.4) is 0 Å². The lowest BCUT2D eigenvalue weighted by molar-refractivity contribution is 0.596. The van der Waals surface area contributed by atoms with Gasteiger partial charge in [-0.3, -0.25) is 0 Å². The van der Waals surface area contributed by atoms with Crippen LogP contribution in [-0.4, -0.2) is 13.4 Å². The van der Waals surface area contributed by atoms with E-state index in [0.29, 0.717) is 9.79 Å². The number of rotatable bonds is 3. The lowest BCUT2D eigenvalue weighted by atomic mass is 10.0. The molecule has 0 spiro atoms. The van der Waals surface area contributed by atoms with Crippen molar-refractivity contribution >= 4 is 42.2 Å². The van der Waals surface area contributed by atoms with Gasteiger partial charge in [-0.25, -0.2) is 13.4 Å². The van der Waals surface area contributed by atoms with Gasteiger partial charge in [0.2, 0.25) is 9.84 Å². The van der Waals surface area contributed by atoms with Crippen LogP contribution < -0.4 is 0 Å². The van der Waals surface area contributed by atoms with Crippen LogP contribution in [0.5, 0.6) is 0 Å². The van der Waals surface area contributed by atoms with Gasteiger partial charge in [0, 0.05) is 25.9 Å². The van der Waals surface area contributed by atoms with Crippen LogP contribution in [0.2, 0.25) is 0 Å². The first-order valence-electron chi connectivity index (χ1n) is 10.2. The molecule has 2 heterocycles. The van der Waals surface area contributed by atoms with Crippen molar-refractivity contribution in [3.63, 3.8) is 0 Å². The topological polar surface area (TPSA) is 47.0 Å². The molecule has 0 amide bonds. The van der Waals surface area contributed by atoms with Crippen molar-refractivity contribution in [2.45, 2.75) is 9.79 Å². The Morgan fingerprint density at radius 3 is 2.03 bits per heavy atom. The highest BCUT2D eigenvalue weighted by Crippen LogP contribution is 2.46. The highest BCUT2D eigenvalue weighted by atomic mass is 32.2. The molecule has 154 valence electrons. The van der Waals surface area contributed by atoms with Gasteiger partial charge in [-0.15, -0.1) is 11.3 Å². The van der Waals surface area contributed by atoms with E-state index in [1.807, 2.05) is 48.5 Å². The number of nitrogens with zero attached hydrogens (tertiary/aromatic N) is 1. The van der Waals surface area contributed by atoms with E-state index in [4.69, 9.17) is 4.98 Å². The molecule has 2 aliphatic heterocycles. The molecule has 32 heavy (non-hydrogen) atoms. The molecule has 3 nitrogen and oxygen atoms in total. The van der Waals surface area contributed by atoms with Crippen molar-refractivity contribution < 1.29 is 8.42 Å². The summed E-state index contributed by atoms with van der Waals surface area (Å²) in [5, 5.41) is 2.25. The summed E-state index contributed by atoms with van der Waals surface area (Å²) in [5.41, 5.74) is 4.05. The number of hydrogen-bond donors (Lipinski definition) is 0. The van der Waals surface area contributed by atoms with Gasteiger partial charge in [0.1, 0.15) is 0 Å². The SMILES string of the molecule is O=S(=O)(c1ccccc1)c1ccc(-c2sc3ccccc3c3nc4ccccc4c2-3)cc1. The second-order valence-corrected chi connectivity index (χ2v) is 10.6. The Bertz CT molecular complexity index is 1670. The average molecular weight is 452 g/mol. The average Bonchev–Trinajstić information content (AvgIpc) is 3.24. The Kier molecular flexibility index (Phi) is 4.35. The third-order valence-electron chi connectivity index (χ3n) is 5.70. The van der Waals surface area contributed by atoms with Crippen molar-refractivity contribution in [2.24, 2.45) is 0 Å². The summed E-state index contributed by atoms with van der Waals surface area (Å²) in [6, 6.07) is 32.2. The normalized spacial score (nSPS) is 12.0. The molecule has 0 unspecified atom stereocenters. The zero-order valence-corrected chi connectivity index (χ0v) is 18.5. The van der Waals surface area contributed by atoms with Crippen LogP contribution in [0, 0.1) is 0 Å². The van der Waals surface area contributed by atoms with Crippen LogP contribution in [0.25, 0.3) is 42.7 Å². The molecule has 0 bridgehead atoms. The monoisotopic (exact) mass is 451 g/mol. The molecule has 0 fully saturated rings. The minimum absolute atomic E-state index is 0.292. The van der Waals surface area contributed by atoms with Crippen molar-refractivity contribution in [3.05, 3.63) is 103 Å². The second kappa shape index (κ2) is 7.26. The first kappa shape index (κ1) is 19.2. The first-order chi connectivity index (χ1) is 15.6. The molecule has 2 aliphatic rings. The molecule has 4 aromatic rings.